The summed E-state index contributed by atoms with van der Waals surface area (Å²) in [5.41, 5.74) is 1.77. The van der Waals surface area contributed by atoms with Gasteiger partial charge in [0, 0.05) is 6.20 Å². The third-order valence-electron chi connectivity index (χ3n) is 1.15. The average molecular weight is 157 g/mol. The summed E-state index contributed by atoms with van der Waals surface area (Å²) in [6.45, 7) is 0. The van der Waals surface area contributed by atoms with E-state index in [2.05, 4.69) is 20.4 Å². The van der Waals surface area contributed by atoms with Crippen LogP contribution >= 0.6 is 12.4 Å². The van der Waals surface area contributed by atoms with Gasteiger partial charge in [0.25, 0.3) is 0 Å². The molecule has 0 fully saturated rings. The Labute approximate surface area is 63.1 Å². The summed E-state index contributed by atoms with van der Waals surface area (Å²) in [5.74, 6) is 0. The fourth-order valence-electron chi connectivity index (χ4n) is 0.722. The Bertz CT molecular complexity index is 288. The molecule has 4 nitrogen and oxygen atoms in total. The van der Waals surface area contributed by atoms with Crippen molar-refractivity contribution in [3.63, 3.8) is 0 Å². The Kier molecular flexibility index (Phi) is 1.82. The number of rotatable bonds is 0. The van der Waals surface area contributed by atoms with Crippen LogP contribution in [0.5, 0.6) is 0 Å². The lowest BCUT2D eigenvalue weighted by molar-refractivity contribution is 0.895. The molecule has 2 aromatic heterocycles. The van der Waals surface area contributed by atoms with Gasteiger partial charge in [-0.3, -0.25) is 0 Å². The molecule has 2 rings (SSSR count). The van der Waals surface area contributed by atoms with Crippen molar-refractivity contribution in [2.75, 3.05) is 0 Å². The normalized spacial score (nSPS) is 9.20. The number of nitrogens with zero attached hydrogens (tertiary/aromatic N) is 3. The molecule has 52 valence electrons. The van der Waals surface area contributed by atoms with Crippen molar-refractivity contribution in [2.45, 2.75) is 0 Å². The van der Waals surface area contributed by atoms with Gasteiger partial charge in [0.15, 0.2) is 0 Å². The van der Waals surface area contributed by atoms with E-state index in [4.69, 9.17) is 0 Å². The van der Waals surface area contributed by atoms with E-state index in [1.54, 1.807) is 12.4 Å². The number of H-pyrrole nitrogens is 1. The van der Waals surface area contributed by atoms with Crippen molar-refractivity contribution in [2.24, 2.45) is 0 Å². The van der Waals surface area contributed by atoms with Gasteiger partial charge in [0.1, 0.15) is 5.52 Å². The first-order valence-corrected chi connectivity index (χ1v) is 2.58. The Hall–Kier alpha value is -1.16. The predicted octanol–water partition coefficient (Wildman–Crippen LogP) is 0.775. The number of nitrogens with one attached hydrogen (secondary N) is 1. The van der Waals surface area contributed by atoms with E-state index < -0.39 is 0 Å². The minimum absolute atomic E-state index is 0. The molecule has 0 aliphatic carbocycles. The van der Waals surface area contributed by atoms with Crippen LogP contribution in [0.1, 0.15) is 0 Å². The van der Waals surface area contributed by atoms with Crippen molar-refractivity contribution >= 4 is 23.4 Å². The van der Waals surface area contributed by atoms with Gasteiger partial charge in [0.2, 0.25) is 0 Å². The number of aromatic nitrogens is 4. The highest BCUT2D eigenvalue weighted by molar-refractivity contribution is 5.85. The molecule has 0 bridgehead atoms. The van der Waals surface area contributed by atoms with Crippen molar-refractivity contribution in [1.82, 2.24) is 20.4 Å². The molecule has 0 spiro atoms. The van der Waals surface area contributed by atoms with E-state index in [-0.39, 0.29) is 12.4 Å². The van der Waals surface area contributed by atoms with Crippen LogP contribution in [0.3, 0.4) is 0 Å². The number of aromatic amines is 1. The van der Waals surface area contributed by atoms with Gasteiger partial charge >= 0.3 is 0 Å². The molecule has 2 heterocycles. The average Bonchev–Trinajstić information content (AvgIpc) is 2.33. The molecule has 0 aromatic carbocycles. The van der Waals surface area contributed by atoms with Gasteiger partial charge < -0.3 is 4.98 Å². The molecule has 0 aliphatic heterocycles. The third kappa shape index (κ3) is 0.930. The van der Waals surface area contributed by atoms with E-state index >= 15 is 0 Å². The highest BCUT2D eigenvalue weighted by Crippen LogP contribution is 2.02. The molecule has 0 amide bonds. The second-order valence-electron chi connectivity index (χ2n) is 1.71. The molecule has 0 aliphatic rings. The Morgan fingerprint density at radius 1 is 1.40 bits per heavy atom. The minimum Gasteiger partial charge on any atom is -0.358 e. The molecule has 0 radical (unpaired) electrons. The summed E-state index contributed by atoms with van der Waals surface area (Å²) in [6, 6.07) is 1.85. The van der Waals surface area contributed by atoms with E-state index in [0.29, 0.717) is 0 Å². The smallest absolute Gasteiger partial charge is 0.114 e. The highest BCUT2D eigenvalue weighted by Gasteiger charge is 1.90. The van der Waals surface area contributed by atoms with Crippen molar-refractivity contribution in [3.8, 4) is 0 Å². The second-order valence-corrected chi connectivity index (χ2v) is 1.71. The Morgan fingerprint density at radius 3 is 3.10 bits per heavy atom. The maximum absolute atomic E-state index is 3.75. The highest BCUT2D eigenvalue weighted by atomic mass is 35.5. The van der Waals surface area contributed by atoms with Gasteiger partial charge in [-0.15, -0.1) is 22.6 Å². The minimum atomic E-state index is 0. The molecular weight excluding hydrogens is 152 g/mol. The van der Waals surface area contributed by atoms with E-state index in [9.17, 15) is 0 Å². The van der Waals surface area contributed by atoms with Crippen LogP contribution < -0.4 is 0 Å². The summed E-state index contributed by atoms with van der Waals surface area (Å²) < 4.78 is 0. The lowest BCUT2D eigenvalue weighted by Gasteiger charge is -1.80. The maximum Gasteiger partial charge on any atom is 0.114 e. The molecule has 0 saturated carbocycles. The van der Waals surface area contributed by atoms with Crippen LogP contribution in [0.25, 0.3) is 11.0 Å². The molecule has 0 unspecified atom stereocenters. The summed E-state index contributed by atoms with van der Waals surface area (Å²) in [5, 5.41) is 10.8. The zero-order chi connectivity index (χ0) is 6.10. The van der Waals surface area contributed by atoms with Crippen molar-refractivity contribution in [3.05, 3.63) is 18.5 Å². The quantitative estimate of drug-likeness (QED) is 0.613. The largest absolute Gasteiger partial charge is 0.358 e. The first kappa shape index (κ1) is 6.95. The molecule has 2 aromatic rings. The zero-order valence-corrected chi connectivity index (χ0v) is 5.80. The lowest BCUT2D eigenvalue weighted by atomic mass is 10.5. The van der Waals surface area contributed by atoms with Gasteiger partial charge in [-0.05, 0) is 11.3 Å². The molecule has 1 N–H and O–H groups in total. The Balaban J connectivity index is 0.000000500. The number of fused-ring (bicyclic) bond motifs is 1. The first-order chi connectivity index (χ1) is 4.47. The van der Waals surface area contributed by atoms with Crippen LogP contribution in [-0.4, -0.2) is 20.4 Å². The van der Waals surface area contributed by atoms with Crippen molar-refractivity contribution < 1.29 is 0 Å². The number of halogens is 1. The number of hydrogen-bond acceptors (Lipinski definition) is 3. The maximum atomic E-state index is 3.75. The monoisotopic (exact) mass is 156 g/mol. The summed E-state index contributed by atoms with van der Waals surface area (Å²) in [4.78, 5) is 2.95. The second kappa shape index (κ2) is 2.62. The van der Waals surface area contributed by atoms with Crippen LogP contribution in [0.15, 0.2) is 18.5 Å². The van der Waals surface area contributed by atoms with E-state index in [1.807, 2.05) is 6.07 Å². The van der Waals surface area contributed by atoms with E-state index in [1.165, 1.54) is 0 Å². The summed E-state index contributed by atoms with van der Waals surface area (Å²) >= 11 is 0. The van der Waals surface area contributed by atoms with Gasteiger partial charge in [-0.1, -0.05) is 0 Å². The third-order valence-corrected chi connectivity index (χ3v) is 1.15. The van der Waals surface area contributed by atoms with Gasteiger partial charge in [0.05, 0.1) is 11.7 Å². The Morgan fingerprint density at radius 2 is 2.30 bits per heavy atom. The fraction of sp³-hybridized carbons (Fsp3) is 0. The standard InChI is InChI=1S/C5H4N4.ClH/c1-2-6-5-3-7-9-8-4(1)5;/h1-3,6H;1H. The van der Waals surface area contributed by atoms with Crippen molar-refractivity contribution in [1.29, 1.82) is 0 Å². The molecular formula is C5H5ClN4. The molecule has 10 heavy (non-hydrogen) atoms. The fourth-order valence-corrected chi connectivity index (χ4v) is 0.722. The summed E-state index contributed by atoms with van der Waals surface area (Å²) in [6.07, 6.45) is 3.45. The number of hydrogen-bond donors (Lipinski definition) is 1. The van der Waals surface area contributed by atoms with Crippen LogP contribution in [0.4, 0.5) is 0 Å². The predicted molar refractivity (Wildman–Crippen MR) is 38.9 cm³/mol. The molecule has 5 heteroatoms. The summed E-state index contributed by atoms with van der Waals surface area (Å²) in [7, 11) is 0. The first-order valence-electron chi connectivity index (χ1n) is 2.58. The van der Waals surface area contributed by atoms with Gasteiger partial charge in [-0.25, -0.2) is 0 Å². The zero-order valence-electron chi connectivity index (χ0n) is 4.98. The van der Waals surface area contributed by atoms with Crippen LogP contribution in [0, 0.1) is 0 Å². The molecule has 0 atom stereocenters. The molecule has 0 saturated heterocycles. The van der Waals surface area contributed by atoms with Gasteiger partial charge in [-0.2, -0.15) is 0 Å². The lowest BCUT2D eigenvalue weighted by Crippen LogP contribution is -1.83. The van der Waals surface area contributed by atoms with Crippen LogP contribution in [-0.2, 0) is 0 Å². The van der Waals surface area contributed by atoms with E-state index in [0.717, 1.165) is 11.0 Å². The topological polar surface area (TPSA) is 54.5 Å². The van der Waals surface area contributed by atoms with Crippen LogP contribution in [0.2, 0.25) is 0 Å². The SMILES string of the molecule is Cl.c1cc2nnncc2[nH]1.